The molecule has 21 heavy (non-hydrogen) atoms. The van der Waals surface area contributed by atoms with Crippen LogP contribution < -0.4 is 11.1 Å². The summed E-state index contributed by atoms with van der Waals surface area (Å²) in [5.41, 5.74) is 8.68. The number of amides is 1. The van der Waals surface area contributed by atoms with Crippen molar-refractivity contribution in [3.05, 3.63) is 46.5 Å². The van der Waals surface area contributed by atoms with E-state index in [4.69, 9.17) is 5.73 Å². The smallest absolute Gasteiger partial charge is 0.226 e. The molecule has 0 radical (unpaired) electrons. The van der Waals surface area contributed by atoms with Crippen LogP contribution in [0.3, 0.4) is 0 Å². The summed E-state index contributed by atoms with van der Waals surface area (Å²) < 4.78 is 0. The summed E-state index contributed by atoms with van der Waals surface area (Å²) in [5, 5.41) is 5.30. The Hall–Kier alpha value is -1.88. The minimum absolute atomic E-state index is 0.0188. The number of carbonyl (C=O) groups is 1. The molecule has 4 nitrogen and oxygen atoms in total. The van der Waals surface area contributed by atoms with E-state index in [1.165, 1.54) is 16.9 Å². The van der Waals surface area contributed by atoms with Crippen molar-refractivity contribution in [3.8, 4) is 0 Å². The normalized spacial score (nSPS) is 12.4. The second-order valence-corrected chi connectivity index (χ2v) is 6.35. The van der Waals surface area contributed by atoms with Crippen LogP contribution in [0.2, 0.25) is 0 Å². The van der Waals surface area contributed by atoms with Crippen LogP contribution in [-0.4, -0.2) is 10.9 Å². The largest absolute Gasteiger partial charge is 0.375 e. The standard InChI is InChI=1S/C16H21N3OS/c1-10(2)12-4-6-13(7-5-12)11(3)18-15(20)8-14-9-21-16(17)19-14/h4-7,9-11H,8H2,1-3H3,(H2,17,19)(H,18,20). The molecule has 0 saturated carbocycles. The Morgan fingerprint density at radius 1 is 1.24 bits per heavy atom. The highest BCUT2D eigenvalue weighted by Crippen LogP contribution is 2.19. The highest BCUT2D eigenvalue weighted by atomic mass is 32.1. The maximum absolute atomic E-state index is 12.0. The van der Waals surface area contributed by atoms with E-state index in [9.17, 15) is 4.79 Å². The molecular formula is C16H21N3OS. The molecule has 1 amide bonds. The second-order valence-electron chi connectivity index (χ2n) is 5.46. The zero-order chi connectivity index (χ0) is 15.4. The van der Waals surface area contributed by atoms with Crippen LogP contribution in [0.25, 0.3) is 0 Å². The molecule has 0 aliphatic carbocycles. The van der Waals surface area contributed by atoms with Crippen LogP contribution in [0, 0.1) is 0 Å². The number of hydrogen-bond donors (Lipinski definition) is 2. The van der Waals surface area contributed by atoms with Gasteiger partial charge in [0, 0.05) is 5.38 Å². The summed E-state index contributed by atoms with van der Waals surface area (Å²) in [7, 11) is 0. The lowest BCUT2D eigenvalue weighted by molar-refractivity contribution is -0.121. The van der Waals surface area contributed by atoms with Gasteiger partial charge in [-0.25, -0.2) is 4.98 Å². The molecule has 2 rings (SSSR count). The monoisotopic (exact) mass is 303 g/mol. The summed E-state index contributed by atoms with van der Waals surface area (Å²) >= 11 is 1.35. The van der Waals surface area contributed by atoms with Crippen LogP contribution in [0.5, 0.6) is 0 Å². The fourth-order valence-corrected chi connectivity index (χ4v) is 2.68. The number of nitrogens with zero attached hydrogens (tertiary/aromatic N) is 1. The highest BCUT2D eigenvalue weighted by Gasteiger charge is 2.12. The van der Waals surface area contributed by atoms with Crippen molar-refractivity contribution in [1.29, 1.82) is 0 Å². The topological polar surface area (TPSA) is 68.0 Å². The quantitative estimate of drug-likeness (QED) is 0.890. The van der Waals surface area contributed by atoms with Gasteiger partial charge in [-0.3, -0.25) is 4.79 Å². The number of aromatic nitrogens is 1. The Labute approximate surface area is 129 Å². The van der Waals surface area contributed by atoms with E-state index in [0.717, 1.165) is 11.3 Å². The summed E-state index contributed by atoms with van der Waals surface area (Å²) in [6.07, 6.45) is 0.266. The highest BCUT2D eigenvalue weighted by molar-refractivity contribution is 7.13. The number of hydrogen-bond acceptors (Lipinski definition) is 4. The van der Waals surface area contributed by atoms with E-state index in [0.29, 0.717) is 11.0 Å². The van der Waals surface area contributed by atoms with Gasteiger partial charge in [-0.1, -0.05) is 38.1 Å². The molecule has 1 unspecified atom stereocenters. The number of anilines is 1. The van der Waals surface area contributed by atoms with Gasteiger partial charge in [-0.05, 0) is 24.0 Å². The SMILES string of the molecule is CC(C)c1ccc(C(C)NC(=O)Cc2csc(N)n2)cc1. The molecule has 1 aromatic carbocycles. The molecule has 112 valence electrons. The van der Waals surface area contributed by atoms with Crippen molar-refractivity contribution in [2.75, 3.05) is 5.73 Å². The van der Waals surface area contributed by atoms with E-state index in [1.807, 2.05) is 12.3 Å². The van der Waals surface area contributed by atoms with Gasteiger partial charge in [-0.15, -0.1) is 11.3 Å². The molecule has 1 atom stereocenters. The summed E-state index contributed by atoms with van der Waals surface area (Å²) in [4.78, 5) is 16.1. The van der Waals surface area contributed by atoms with Crippen molar-refractivity contribution in [2.24, 2.45) is 0 Å². The Kier molecular flexibility index (Phi) is 4.96. The molecule has 0 aliphatic heterocycles. The summed E-state index contributed by atoms with van der Waals surface area (Å²) in [5.74, 6) is 0.472. The Morgan fingerprint density at radius 3 is 2.38 bits per heavy atom. The number of rotatable bonds is 5. The van der Waals surface area contributed by atoms with Crippen LogP contribution in [0.15, 0.2) is 29.6 Å². The molecule has 3 N–H and O–H groups in total. The van der Waals surface area contributed by atoms with Crippen LogP contribution in [0.4, 0.5) is 5.13 Å². The third-order valence-electron chi connectivity index (χ3n) is 3.39. The molecule has 0 bridgehead atoms. The average molecular weight is 303 g/mol. The second kappa shape index (κ2) is 6.72. The van der Waals surface area contributed by atoms with E-state index in [1.54, 1.807) is 0 Å². The Bertz CT molecular complexity index is 604. The van der Waals surface area contributed by atoms with Crippen molar-refractivity contribution >= 4 is 22.4 Å². The molecule has 2 aromatic rings. The fraction of sp³-hybridized carbons (Fsp3) is 0.375. The molecule has 0 saturated heterocycles. The van der Waals surface area contributed by atoms with Crippen molar-refractivity contribution in [3.63, 3.8) is 0 Å². The maximum Gasteiger partial charge on any atom is 0.226 e. The number of nitrogen functional groups attached to an aromatic ring is 1. The number of carbonyl (C=O) groups excluding carboxylic acids is 1. The van der Waals surface area contributed by atoms with Gasteiger partial charge in [-0.2, -0.15) is 0 Å². The lowest BCUT2D eigenvalue weighted by Gasteiger charge is -2.15. The fourth-order valence-electron chi connectivity index (χ4n) is 2.11. The molecule has 0 fully saturated rings. The Morgan fingerprint density at radius 2 is 1.86 bits per heavy atom. The molecule has 1 heterocycles. The predicted octanol–water partition coefficient (Wildman–Crippen LogP) is 3.27. The zero-order valence-corrected chi connectivity index (χ0v) is 13.4. The van der Waals surface area contributed by atoms with Gasteiger partial charge >= 0.3 is 0 Å². The van der Waals surface area contributed by atoms with Gasteiger partial charge in [0.15, 0.2) is 5.13 Å². The number of nitrogens with one attached hydrogen (secondary N) is 1. The lowest BCUT2D eigenvalue weighted by Crippen LogP contribution is -2.28. The van der Waals surface area contributed by atoms with Crippen molar-refractivity contribution in [2.45, 2.75) is 39.2 Å². The minimum Gasteiger partial charge on any atom is -0.375 e. The first-order valence-corrected chi connectivity index (χ1v) is 7.92. The van der Waals surface area contributed by atoms with E-state index in [-0.39, 0.29) is 18.4 Å². The van der Waals surface area contributed by atoms with Crippen LogP contribution >= 0.6 is 11.3 Å². The third kappa shape index (κ3) is 4.29. The average Bonchev–Trinajstić information content (AvgIpc) is 2.83. The molecular weight excluding hydrogens is 282 g/mol. The Balaban J connectivity index is 1.94. The molecule has 0 aliphatic rings. The molecule has 1 aromatic heterocycles. The van der Waals surface area contributed by atoms with Crippen molar-refractivity contribution in [1.82, 2.24) is 10.3 Å². The number of thiazole rings is 1. The first-order chi connectivity index (χ1) is 9.95. The van der Waals surface area contributed by atoms with Crippen molar-refractivity contribution < 1.29 is 4.79 Å². The van der Waals surface area contributed by atoms with Gasteiger partial charge in [0.05, 0.1) is 18.2 Å². The third-order valence-corrected chi connectivity index (χ3v) is 4.11. The van der Waals surface area contributed by atoms with Crippen LogP contribution in [0.1, 0.15) is 49.6 Å². The summed E-state index contributed by atoms with van der Waals surface area (Å²) in [6.45, 7) is 6.32. The first kappa shape index (κ1) is 15.5. The van der Waals surface area contributed by atoms with E-state index < -0.39 is 0 Å². The van der Waals surface area contributed by atoms with Gasteiger partial charge in [0.2, 0.25) is 5.91 Å². The van der Waals surface area contributed by atoms with E-state index in [2.05, 4.69) is 48.4 Å². The van der Waals surface area contributed by atoms with Crippen LogP contribution in [-0.2, 0) is 11.2 Å². The molecule has 0 spiro atoms. The number of benzene rings is 1. The predicted molar refractivity (Wildman–Crippen MR) is 87.3 cm³/mol. The maximum atomic E-state index is 12.0. The minimum atomic E-state index is -0.0410. The zero-order valence-electron chi connectivity index (χ0n) is 12.6. The van der Waals surface area contributed by atoms with E-state index >= 15 is 0 Å². The van der Waals surface area contributed by atoms with Gasteiger partial charge in [0.25, 0.3) is 0 Å². The molecule has 5 heteroatoms. The number of nitrogens with two attached hydrogens (primary N) is 1. The summed E-state index contributed by atoms with van der Waals surface area (Å²) in [6, 6.07) is 8.35. The van der Waals surface area contributed by atoms with Gasteiger partial charge < -0.3 is 11.1 Å². The van der Waals surface area contributed by atoms with Gasteiger partial charge in [0.1, 0.15) is 0 Å². The first-order valence-electron chi connectivity index (χ1n) is 7.05. The lowest BCUT2D eigenvalue weighted by atomic mass is 9.99.